The van der Waals surface area contributed by atoms with Gasteiger partial charge in [-0.05, 0) is 49.0 Å². The number of ether oxygens (including phenoxy) is 1. The highest BCUT2D eigenvalue weighted by Crippen LogP contribution is 2.24. The summed E-state index contributed by atoms with van der Waals surface area (Å²) in [5.74, 6) is 0.655. The normalized spacial score (nSPS) is 10.8. The molecule has 0 atom stereocenters. The molecule has 0 radical (unpaired) electrons. The van der Waals surface area contributed by atoms with E-state index in [1.54, 1.807) is 12.4 Å². The fourth-order valence-corrected chi connectivity index (χ4v) is 2.90. The van der Waals surface area contributed by atoms with E-state index in [9.17, 15) is 4.79 Å². The largest absolute Gasteiger partial charge is 0.488 e. The van der Waals surface area contributed by atoms with Crippen LogP contribution in [-0.4, -0.2) is 29.8 Å². The average Bonchev–Trinajstić information content (AvgIpc) is 2.68. The molecule has 0 saturated heterocycles. The van der Waals surface area contributed by atoms with Crippen molar-refractivity contribution in [3.8, 4) is 5.75 Å². The van der Waals surface area contributed by atoms with Gasteiger partial charge in [-0.3, -0.25) is 9.78 Å². The molecular formula is C23H24N2O2. The molecule has 0 aliphatic carbocycles. The van der Waals surface area contributed by atoms with Gasteiger partial charge in [0.2, 0.25) is 0 Å². The topological polar surface area (TPSA) is 42.4 Å². The molecule has 3 rings (SSSR count). The van der Waals surface area contributed by atoms with Crippen molar-refractivity contribution in [1.82, 2.24) is 9.88 Å². The Morgan fingerprint density at radius 3 is 2.44 bits per heavy atom. The minimum Gasteiger partial charge on any atom is -0.488 e. The van der Waals surface area contributed by atoms with Gasteiger partial charge < -0.3 is 9.64 Å². The Morgan fingerprint density at radius 1 is 0.963 bits per heavy atom. The van der Waals surface area contributed by atoms with Crippen LogP contribution < -0.4 is 4.74 Å². The first-order chi connectivity index (χ1) is 13.1. The van der Waals surface area contributed by atoms with Gasteiger partial charge in [-0.25, -0.2) is 0 Å². The molecule has 1 heterocycles. The minimum absolute atomic E-state index is 0.0340. The number of Topliss-reactive ketones (excluding diaryl/α,β-unsaturated/α-hetero) is 1. The SMILES string of the molecule is CN(C)Cc1ccc(OCc2ccccc2)c(C(=O)Cc2cccnc2)c1. The number of nitrogens with zero attached hydrogens (tertiary/aromatic N) is 2. The molecule has 138 valence electrons. The van der Waals surface area contributed by atoms with Gasteiger partial charge in [0.15, 0.2) is 5.78 Å². The number of carbonyl (C=O) groups excluding carboxylic acids is 1. The Labute approximate surface area is 160 Å². The number of rotatable bonds is 8. The summed E-state index contributed by atoms with van der Waals surface area (Å²) >= 11 is 0. The summed E-state index contributed by atoms with van der Waals surface area (Å²) in [6, 6.07) is 19.6. The first kappa shape index (κ1) is 18.8. The van der Waals surface area contributed by atoms with Crippen LogP contribution in [0.2, 0.25) is 0 Å². The Morgan fingerprint density at radius 2 is 1.74 bits per heavy atom. The maximum absolute atomic E-state index is 13.0. The van der Waals surface area contributed by atoms with E-state index >= 15 is 0 Å². The molecule has 4 nitrogen and oxygen atoms in total. The molecular weight excluding hydrogens is 336 g/mol. The molecule has 2 aromatic carbocycles. The van der Waals surface area contributed by atoms with E-state index in [1.807, 2.05) is 74.8 Å². The molecule has 1 aromatic heterocycles. The quantitative estimate of drug-likeness (QED) is 0.566. The number of hydrogen-bond donors (Lipinski definition) is 0. The first-order valence-electron chi connectivity index (χ1n) is 8.98. The third-order valence-electron chi connectivity index (χ3n) is 4.17. The Hall–Kier alpha value is -2.98. The standard InChI is InChI=1S/C23H24N2O2/c1-25(2)16-20-10-11-23(27-17-18-7-4-3-5-8-18)21(13-20)22(26)14-19-9-6-12-24-15-19/h3-13,15H,14,16-17H2,1-2H3. The molecule has 4 heteroatoms. The first-order valence-corrected chi connectivity index (χ1v) is 8.98. The minimum atomic E-state index is 0.0340. The van der Waals surface area contributed by atoms with Crippen molar-refractivity contribution in [3.63, 3.8) is 0 Å². The predicted octanol–water partition coefficient (Wildman–Crippen LogP) is 4.15. The van der Waals surface area contributed by atoms with Crippen molar-refractivity contribution in [3.05, 3.63) is 95.3 Å². The van der Waals surface area contributed by atoms with Gasteiger partial charge >= 0.3 is 0 Å². The van der Waals surface area contributed by atoms with Crippen LogP contribution in [0.4, 0.5) is 0 Å². The fraction of sp³-hybridized carbons (Fsp3) is 0.217. The summed E-state index contributed by atoms with van der Waals surface area (Å²) in [6.45, 7) is 1.20. The smallest absolute Gasteiger partial charge is 0.171 e. The Balaban J connectivity index is 1.83. The number of hydrogen-bond acceptors (Lipinski definition) is 4. The molecule has 27 heavy (non-hydrogen) atoms. The summed E-state index contributed by atoms with van der Waals surface area (Å²) in [6.07, 6.45) is 3.74. The monoisotopic (exact) mass is 360 g/mol. The van der Waals surface area contributed by atoms with E-state index in [1.165, 1.54) is 0 Å². The van der Waals surface area contributed by atoms with Crippen LogP contribution in [0.5, 0.6) is 5.75 Å². The molecule has 0 amide bonds. The zero-order chi connectivity index (χ0) is 19.1. The lowest BCUT2D eigenvalue weighted by molar-refractivity contribution is 0.0988. The number of benzene rings is 2. The maximum Gasteiger partial charge on any atom is 0.171 e. The van der Waals surface area contributed by atoms with Crippen LogP contribution >= 0.6 is 0 Å². The van der Waals surface area contributed by atoms with Crippen LogP contribution in [-0.2, 0) is 19.6 Å². The molecule has 0 saturated carbocycles. The fourth-order valence-electron chi connectivity index (χ4n) is 2.90. The Kier molecular flexibility index (Phi) is 6.34. The van der Waals surface area contributed by atoms with Crippen molar-refractivity contribution < 1.29 is 9.53 Å². The van der Waals surface area contributed by atoms with Crippen LogP contribution in [0.15, 0.2) is 73.1 Å². The van der Waals surface area contributed by atoms with Crippen LogP contribution in [0.25, 0.3) is 0 Å². The predicted molar refractivity (Wildman–Crippen MR) is 107 cm³/mol. The molecule has 0 bridgehead atoms. The lowest BCUT2D eigenvalue weighted by Crippen LogP contribution is -2.13. The van der Waals surface area contributed by atoms with Crippen molar-refractivity contribution >= 4 is 5.78 Å². The molecule has 0 N–H and O–H groups in total. The number of ketones is 1. The van der Waals surface area contributed by atoms with Gasteiger partial charge in [0.1, 0.15) is 12.4 Å². The summed E-state index contributed by atoms with van der Waals surface area (Å²) in [5, 5.41) is 0. The highest BCUT2D eigenvalue weighted by atomic mass is 16.5. The lowest BCUT2D eigenvalue weighted by atomic mass is 10.0. The molecule has 0 fully saturated rings. The summed E-state index contributed by atoms with van der Waals surface area (Å²) in [5.41, 5.74) is 3.67. The van der Waals surface area contributed by atoms with E-state index in [2.05, 4.69) is 9.88 Å². The number of aromatic nitrogens is 1. The summed E-state index contributed by atoms with van der Waals surface area (Å²) < 4.78 is 5.99. The molecule has 0 unspecified atom stereocenters. The molecule has 0 aliphatic rings. The van der Waals surface area contributed by atoms with Crippen molar-refractivity contribution in [2.45, 2.75) is 19.6 Å². The third-order valence-corrected chi connectivity index (χ3v) is 4.17. The van der Waals surface area contributed by atoms with Crippen molar-refractivity contribution in [1.29, 1.82) is 0 Å². The van der Waals surface area contributed by atoms with Gasteiger partial charge in [0.25, 0.3) is 0 Å². The molecule has 3 aromatic rings. The second kappa shape index (κ2) is 9.10. The second-order valence-electron chi connectivity index (χ2n) is 6.80. The van der Waals surface area contributed by atoms with Crippen molar-refractivity contribution in [2.24, 2.45) is 0 Å². The third kappa shape index (κ3) is 5.50. The Bertz CT molecular complexity index is 877. The zero-order valence-corrected chi connectivity index (χ0v) is 15.8. The zero-order valence-electron chi connectivity index (χ0n) is 15.8. The van der Waals surface area contributed by atoms with E-state index < -0.39 is 0 Å². The molecule has 0 aliphatic heterocycles. The van der Waals surface area contributed by atoms with E-state index in [-0.39, 0.29) is 5.78 Å². The van der Waals surface area contributed by atoms with E-state index in [0.717, 1.165) is 23.2 Å². The van der Waals surface area contributed by atoms with E-state index in [4.69, 9.17) is 4.74 Å². The highest BCUT2D eigenvalue weighted by Gasteiger charge is 2.15. The van der Waals surface area contributed by atoms with Crippen molar-refractivity contribution in [2.75, 3.05) is 14.1 Å². The maximum atomic E-state index is 13.0. The van der Waals surface area contributed by atoms with Gasteiger partial charge in [0.05, 0.1) is 5.56 Å². The summed E-state index contributed by atoms with van der Waals surface area (Å²) in [7, 11) is 4.02. The average molecular weight is 360 g/mol. The van der Waals surface area contributed by atoms with Gasteiger partial charge in [0, 0.05) is 25.4 Å². The van der Waals surface area contributed by atoms with Crippen LogP contribution in [0.1, 0.15) is 27.0 Å². The lowest BCUT2D eigenvalue weighted by Gasteiger charge is -2.15. The molecule has 0 spiro atoms. The number of pyridine rings is 1. The second-order valence-corrected chi connectivity index (χ2v) is 6.80. The van der Waals surface area contributed by atoms with E-state index in [0.29, 0.717) is 24.3 Å². The van der Waals surface area contributed by atoms with Gasteiger partial charge in [-0.15, -0.1) is 0 Å². The summed E-state index contributed by atoms with van der Waals surface area (Å²) in [4.78, 5) is 19.1. The number of carbonyl (C=O) groups is 1. The van der Waals surface area contributed by atoms with Crippen LogP contribution in [0.3, 0.4) is 0 Å². The van der Waals surface area contributed by atoms with Crippen LogP contribution in [0, 0.1) is 0 Å². The van der Waals surface area contributed by atoms with Gasteiger partial charge in [-0.1, -0.05) is 42.5 Å². The highest BCUT2D eigenvalue weighted by molar-refractivity contribution is 6.00. The van der Waals surface area contributed by atoms with Gasteiger partial charge in [-0.2, -0.15) is 0 Å².